The molecule has 1 aliphatic carbocycles. The summed E-state index contributed by atoms with van der Waals surface area (Å²) in [4.78, 5) is 22.9. The van der Waals surface area contributed by atoms with E-state index in [9.17, 15) is 18.4 Å². The smallest absolute Gasteiger partial charge is 0.307 e. The molecule has 1 saturated carbocycles. The minimum Gasteiger partial charge on any atom is -0.481 e. The van der Waals surface area contributed by atoms with Crippen molar-refractivity contribution in [1.82, 2.24) is 5.32 Å². The molecule has 0 radical (unpaired) electrons. The van der Waals surface area contributed by atoms with E-state index in [4.69, 9.17) is 5.11 Å². The lowest BCUT2D eigenvalue weighted by Crippen LogP contribution is -2.26. The minimum atomic E-state index is -0.997. The van der Waals surface area contributed by atoms with E-state index < -0.39 is 34.9 Å². The number of nitrogens with one attached hydrogen (secondary N) is 1. The Morgan fingerprint density at radius 2 is 1.90 bits per heavy atom. The highest BCUT2D eigenvalue weighted by molar-refractivity contribution is 5.91. The number of amides is 1. The summed E-state index contributed by atoms with van der Waals surface area (Å²) < 4.78 is 25.8. The van der Waals surface area contributed by atoms with Gasteiger partial charge in [0.15, 0.2) is 11.6 Å². The zero-order valence-electron chi connectivity index (χ0n) is 11.1. The maximum absolute atomic E-state index is 13.0. The second-order valence-electron chi connectivity index (χ2n) is 5.58. The molecule has 0 bridgehead atoms. The average molecular weight is 283 g/mol. The highest BCUT2D eigenvalue weighted by atomic mass is 19.2. The maximum Gasteiger partial charge on any atom is 0.307 e. The van der Waals surface area contributed by atoms with Gasteiger partial charge >= 0.3 is 5.97 Å². The van der Waals surface area contributed by atoms with Gasteiger partial charge in [0.05, 0.1) is 11.8 Å². The second-order valence-corrected chi connectivity index (χ2v) is 5.58. The van der Waals surface area contributed by atoms with Crippen molar-refractivity contribution >= 4 is 11.9 Å². The van der Waals surface area contributed by atoms with Crippen LogP contribution in [0.2, 0.25) is 0 Å². The third-order valence-corrected chi connectivity index (χ3v) is 3.83. The molecule has 4 nitrogen and oxygen atoms in total. The predicted molar refractivity (Wildman–Crippen MR) is 66.6 cm³/mol. The summed E-state index contributed by atoms with van der Waals surface area (Å²) in [5, 5.41) is 11.5. The van der Waals surface area contributed by atoms with Crippen LogP contribution < -0.4 is 5.32 Å². The van der Waals surface area contributed by atoms with Crippen LogP contribution in [0.1, 0.15) is 19.4 Å². The van der Waals surface area contributed by atoms with Gasteiger partial charge in [-0.1, -0.05) is 19.9 Å². The van der Waals surface area contributed by atoms with Crippen molar-refractivity contribution in [3.05, 3.63) is 35.4 Å². The van der Waals surface area contributed by atoms with Crippen molar-refractivity contribution in [2.24, 2.45) is 17.3 Å². The quantitative estimate of drug-likeness (QED) is 0.887. The largest absolute Gasteiger partial charge is 0.481 e. The Hall–Kier alpha value is -1.98. The molecular formula is C14H15F2NO3. The summed E-state index contributed by atoms with van der Waals surface area (Å²) in [5.41, 5.74) is -0.160. The van der Waals surface area contributed by atoms with Crippen molar-refractivity contribution in [3.8, 4) is 0 Å². The number of rotatable bonds is 4. The van der Waals surface area contributed by atoms with Crippen molar-refractivity contribution in [2.75, 3.05) is 0 Å². The predicted octanol–water partition coefficient (Wildman–Crippen LogP) is 1.94. The van der Waals surface area contributed by atoms with E-state index in [0.29, 0.717) is 5.56 Å². The van der Waals surface area contributed by atoms with E-state index >= 15 is 0 Å². The van der Waals surface area contributed by atoms with Crippen molar-refractivity contribution in [2.45, 2.75) is 20.4 Å². The average Bonchev–Trinajstić information content (AvgIpc) is 2.94. The van der Waals surface area contributed by atoms with Crippen LogP contribution in [0.4, 0.5) is 8.78 Å². The number of carboxylic acid groups (broad SMARTS) is 1. The first-order chi connectivity index (χ1) is 9.25. The van der Waals surface area contributed by atoms with Crippen LogP contribution in [0.3, 0.4) is 0 Å². The highest BCUT2D eigenvalue weighted by Crippen LogP contribution is 2.58. The fourth-order valence-corrected chi connectivity index (χ4v) is 2.54. The molecular weight excluding hydrogens is 268 g/mol. The van der Waals surface area contributed by atoms with Crippen LogP contribution in [0.25, 0.3) is 0 Å². The molecule has 2 rings (SSSR count). The van der Waals surface area contributed by atoms with Gasteiger partial charge in [-0.15, -0.1) is 0 Å². The first-order valence-electron chi connectivity index (χ1n) is 6.19. The Balaban J connectivity index is 1.96. The Morgan fingerprint density at radius 1 is 1.25 bits per heavy atom. The van der Waals surface area contributed by atoms with Gasteiger partial charge in [0.25, 0.3) is 0 Å². The van der Waals surface area contributed by atoms with Crippen LogP contribution in [0.15, 0.2) is 18.2 Å². The molecule has 0 spiro atoms. The van der Waals surface area contributed by atoms with Crippen LogP contribution in [0.5, 0.6) is 0 Å². The van der Waals surface area contributed by atoms with Gasteiger partial charge in [-0.2, -0.15) is 0 Å². The Labute approximate surface area is 114 Å². The van der Waals surface area contributed by atoms with Gasteiger partial charge in [0.2, 0.25) is 5.91 Å². The standard InChI is InChI=1S/C14H15F2NO3/c1-14(2)10(11(14)13(19)20)12(18)17-6-7-3-4-8(15)9(16)5-7/h3-5,10-11H,6H2,1-2H3,(H,17,18)(H,19,20)/t10-,11+/m1/s1. The lowest BCUT2D eigenvalue weighted by Gasteiger charge is -2.06. The minimum absolute atomic E-state index is 0.0367. The van der Waals surface area contributed by atoms with E-state index in [1.54, 1.807) is 13.8 Å². The zero-order valence-corrected chi connectivity index (χ0v) is 11.1. The first kappa shape index (κ1) is 14.4. The monoisotopic (exact) mass is 283 g/mol. The molecule has 1 amide bonds. The number of aliphatic carboxylic acids is 1. The highest BCUT2D eigenvalue weighted by Gasteiger charge is 2.65. The molecule has 6 heteroatoms. The molecule has 2 N–H and O–H groups in total. The zero-order chi connectivity index (χ0) is 15.1. The molecule has 1 fully saturated rings. The summed E-state index contributed by atoms with van der Waals surface area (Å²) in [5.74, 6) is -4.60. The summed E-state index contributed by atoms with van der Waals surface area (Å²) >= 11 is 0. The fourth-order valence-electron chi connectivity index (χ4n) is 2.54. The molecule has 1 aliphatic rings. The fraction of sp³-hybridized carbons (Fsp3) is 0.429. The number of carbonyl (C=O) groups is 2. The van der Waals surface area contributed by atoms with Crippen LogP contribution in [-0.4, -0.2) is 17.0 Å². The van der Waals surface area contributed by atoms with Gasteiger partial charge < -0.3 is 10.4 Å². The van der Waals surface area contributed by atoms with Crippen LogP contribution in [0, 0.1) is 28.9 Å². The molecule has 0 unspecified atom stereocenters. The third kappa shape index (κ3) is 2.50. The maximum atomic E-state index is 13.0. The second kappa shape index (κ2) is 4.85. The number of carbonyl (C=O) groups excluding carboxylic acids is 1. The Morgan fingerprint density at radius 3 is 2.40 bits per heavy atom. The van der Waals surface area contributed by atoms with Crippen LogP contribution >= 0.6 is 0 Å². The number of hydrogen-bond acceptors (Lipinski definition) is 2. The first-order valence-corrected chi connectivity index (χ1v) is 6.19. The van der Waals surface area contributed by atoms with Gasteiger partial charge in [-0.25, -0.2) is 8.78 Å². The van der Waals surface area contributed by atoms with Gasteiger partial charge in [-0.3, -0.25) is 9.59 Å². The molecule has 2 atom stereocenters. The summed E-state index contributed by atoms with van der Waals surface area (Å²) in [6.45, 7) is 3.47. The summed E-state index contributed by atoms with van der Waals surface area (Å²) in [7, 11) is 0. The van der Waals surface area contributed by atoms with Gasteiger partial charge in [0, 0.05) is 6.54 Å². The van der Waals surface area contributed by atoms with Gasteiger partial charge in [0.1, 0.15) is 0 Å². The molecule has 0 saturated heterocycles. The lowest BCUT2D eigenvalue weighted by molar-refractivity contribution is -0.140. The molecule has 108 valence electrons. The number of halogens is 2. The van der Waals surface area contributed by atoms with Crippen molar-refractivity contribution in [1.29, 1.82) is 0 Å². The molecule has 0 heterocycles. The van der Waals surface area contributed by atoms with Crippen molar-refractivity contribution in [3.63, 3.8) is 0 Å². The Bertz CT molecular complexity index is 572. The third-order valence-electron chi connectivity index (χ3n) is 3.83. The summed E-state index contributed by atoms with van der Waals surface area (Å²) in [6.07, 6.45) is 0. The van der Waals surface area contributed by atoms with E-state index in [1.807, 2.05) is 0 Å². The van der Waals surface area contributed by atoms with E-state index in [2.05, 4.69) is 5.32 Å². The number of hydrogen-bond donors (Lipinski definition) is 2. The molecule has 20 heavy (non-hydrogen) atoms. The normalized spacial score (nSPS) is 23.2. The Kier molecular flexibility index (Phi) is 3.50. The van der Waals surface area contributed by atoms with Crippen molar-refractivity contribution < 1.29 is 23.5 Å². The van der Waals surface area contributed by atoms with Gasteiger partial charge in [-0.05, 0) is 23.1 Å². The number of carboxylic acids is 1. The topological polar surface area (TPSA) is 66.4 Å². The molecule has 0 aromatic heterocycles. The number of benzene rings is 1. The molecule has 1 aromatic rings. The van der Waals surface area contributed by atoms with E-state index in [-0.39, 0.29) is 12.5 Å². The van der Waals surface area contributed by atoms with E-state index in [0.717, 1.165) is 12.1 Å². The lowest BCUT2D eigenvalue weighted by atomic mass is 10.1. The molecule has 0 aliphatic heterocycles. The SMILES string of the molecule is CC1(C)[C@H](C(=O)O)[C@@H]1C(=O)NCc1ccc(F)c(F)c1. The molecule has 1 aromatic carbocycles. The summed E-state index contributed by atoms with van der Waals surface area (Å²) in [6, 6.07) is 3.35. The van der Waals surface area contributed by atoms with Crippen LogP contribution in [-0.2, 0) is 16.1 Å². The van der Waals surface area contributed by atoms with E-state index in [1.165, 1.54) is 6.07 Å².